The molecule has 8 nitrogen and oxygen atoms in total. The van der Waals surface area contributed by atoms with Gasteiger partial charge in [0.25, 0.3) is 5.16 Å². The number of pyridine rings is 1. The first-order valence-corrected chi connectivity index (χ1v) is 10.6. The van der Waals surface area contributed by atoms with Crippen LogP contribution in [0.25, 0.3) is 11.4 Å². The molecule has 0 spiro atoms. The Labute approximate surface area is 133 Å². The van der Waals surface area contributed by atoms with E-state index in [2.05, 4.69) is 20.2 Å². The van der Waals surface area contributed by atoms with Crippen LogP contribution < -0.4 is 0 Å². The number of aryl methyl sites for hydroxylation is 1. The third-order valence-electron chi connectivity index (χ3n) is 3.54. The van der Waals surface area contributed by atoms with Crippen LogP contribution in [0.4, 0.5) is 0 Å². The van der Waals surface area contributed by atoms with Crippen molar-refractivity contribution < 1.29 is 16.8 Å². The standard InChI is InChI=1S/C13H14N4O4S2/c1-22(18,19)12-9-5-3-4-8(9)6-10(15-12)11-7-14-17-13(16-11)23(2,20)21/h6-7H,3-5H2,1-2H3. The summed E-state index contributed by atoms with van der Waals surface area (Å²) in [4.78, 5) is 8.14. The summed E-state index contributed by atoms with van der Waals surface area (Å²) in [5.74, 6) is 0. The normalized spacial score (nSPS) is 14.7. The molecule has 2 heterocycles. The van der Waals surface area contributed by atoms with Gasteiger partial charge in [-0.05, 0) is 36.5 Å². The van der Waals surface area contributed by atoms with E-state index in [0.717, 1.165) is 36.5 Å². The third-order valence-corrected chi connectivity index (χ3v) is 5.41. The Hall–Kier alpha value is -1.94. The first-order chi connectivity index (χ1) is 10.7. The van der Waals surface area contributed by atoms with Crippen LogP contribution in [0.1, 0.15) is 17.5 Å². The maximum Gasteiger partial charge on any atom is 0.267 e. The zero-order valence-electron chi connectivity index (χ0n) is 12.5. The lowest BCUT2D eigenvalue weighted by molar-refractivity contribution is 0.588. The molecule has 0 aromatic carbocycles. The zero-order valence-corrected chi connectivity index (χ0v) is 14.1. The molecule has 0 bridgehead atoms. The summed E-state index contributed by atoms with van der Waals surface area (Å²) in [5.41, 5.74) is 2.10. The van der Waals surface area contributed by atoms with Gasteiger partial charge in [-0.3, -0.25) is 0 Å². The van der Waals surface area contributed by atoms with Crippen molar-refractivity contribution in [1.29, 1.82) is 0 Å². The number of hydrogen-bond acceptors (Lipinski definition) is 8. The van der Waals surface area contributed by atoms with Crippen molar-refractivity contribution in [2.45, 2.75) is 29.4 Å². The van der Waals surface area contributed by atoms with E-state index >= 15 is 0 Å². The topological polar surface area (TPSA) is 120 Å². The highest BCUT2D eigenvalue weighted by molar-refractivity contribution is 7.90. The lowest BCUT2D eigenvalue weighted by atomic mass is 10.1. The summed E-state index contributed by atoms with van der Waals surface area (Å²) < 4.78 is 47.1. The van der Waals surface area contributed by atoms with Crippen LogP contribution in [-0.2, 0) is 32.5 Å². The molecule has 0 amide bonds. The molecular weight excluding hydrogens is 340 g/mol. The lowest BCUT2D eigenvalue weighted by Crippen LogP contribution is -2.09. The van der Waals surface area contributed by atoms with Crippen LogP contribution in [0.5, 0.6) is 0 Å². The highest BCUT2D eigenvalue weighted by Crippen LogP contribution is 2.30. The summed E-state index contributed by atoms with van der Waals surface area (Å²) in [6.07, 6.45) is 5.64. The van der Waals surface area contributed by atoms with E-state index in [1.165, 1.54) is 6.20 Å². The molecular formula is C13H14N4O4S2. The Morgan fingerprint density at radius 3 is 2.35 bits per heavy atom. The predicted octanol–water partition coefficient (Wildman–Crippen LogP) is 0.229. The van der Waals surface area contributed by atoms with Crippen molar-refractivity contribution in [3.63, 3.8) is 0 Å². The Morgan fingerprint density at radius 2 is 1.70 bits per heavy atom. The first kappa shape index (κ1) is 15.9. The van der Waals surface area contributed by atoms with Crippen molar-refractivity contribution in [1.82, 2.24) is 20.2 Å². The highest BCUT2D eigenvalue weighted by atomic mass is 32.2. The summed E-state index contributed by atoms with van der Waals surface area (Å²) in [5, 5.41) is 6.73. The fourth-order valence-electron chi connectivity index (χ4n) is 2.55. The van der Waals surface area contributed by atoms with Gasteiger partial charge in [0.1, 0.15) is 5.69 Å². The van der Waals surface area contributed by atoms with Crippen LogP contribution >= 0.6 is 0 Å². The van der Waals surface area contributed by atoms with Crippen molar-refractivity contribution in [3.05, 3.63) is 23.4 Å². The van der Waals surface area contributed by atoms with Gasteiger partial charge in [0.05, 0.1) is 11.9 Å². The molecule has 0 atom stereocenters. The van der Waals surface area contributed by atoms with Crippen molar-refractivity contribution in [2.24, 2.45) is 0 Å². The van der Waals surface area contributed by atoms with Crippen LogP contribution in [0.15, 0.2) is 22.4 Å². The molecule has 0 radical (unpaired) electrons. The molecule has 0 fully saturated rings. The average molecular weight is 354 g/mol. The number of hydrogen-bond donors (Lipinski definition) is 0. The van der Waals surface area contributed by atoms with Gasteiger partial charge in [0.2, 0.25) is 9.84 Å². The van der Waals surface area contributed by atoms with Gasteiger partial charge < -0.3 is 0 Å². The van der Waals surface area contributed by atoms with E-state index in [1.54, 1.807) is 6.07 Å². The molecule has 0 saturated heterocycles. The molecule has 10 heteroatoms. The van der Waals surface area contributed by atoms with Gasteiger partial charge >= 0.3 is 0 Å². The van der Waals surface area contributed by atoms with Gasteiger partial charge in [0, 0.05) is 12.5 Å². The maximum absolute atomic E-state index is 12.0. The van der Waals surface area contributed by atoms with Crippen molar-refractivity contribution >= 4 is 19.7 Å². The molecule has 1 aliphatic carbocycles. The average Bonchev–Trinajstić information content (AvgIpc) is 2.92. The Morgan fingerprint density at radius 1 is 0.957 bits per heavy atom. The number of nitrogens with zero attached hydrogens (tertiary/aromatic N) is 4. The van der Waals surface area contributed by atoms with Crippen LogP contribution in [0, 0.1) is 0 Å². The van der Waals surface area contributed by atoms with E-state index in [4.69, 9.17) is 0 Å². The van der Waals surface area contributed by atoms with E-state index < -0.39 is 24.8 Å². The fraction of sp³-hybridized carbons (Fsp3) is 0.385. The van der Waals surface area contributed by atoms with Gasteiger partial charge in [-0.2, -0.15) is 5.10 Å². The second-order valence-electron chi connectivity index (χ2n) is 5.47. The molecule has 0 unspecified atom stereocenters. The summed E-state index contributed by atoms with van der Waals surface area (Å²) in [6, 6.07) is 1.74. The zero-order chi connectivity index (χ0) is 16.8. The first-order valence-electron chi connectivity index (χ1n) is 6.79. The van der Waals surface area contributed by atoms with Crippen LogP contribution in [-0.4, -0.2) is 49.5 Å². The Balaban J connectivity index is 2.23. The van der Waals surface area contributed by atoms with Gasteiger partial charge in [-0.25, -0.2) is 26.8 Å². The monoisotopic (exact) mass is 354 g/mol. The summed E-state index contributed by atoms with van der Waals surface area (Å²) in [7, 11) is -7.10. The lowest BCUT2D eigenvalue weighted by Gasteiger charge is -2.09. The predicted molar refractivity (Wildman–Crippen MR) is 81.3 cm³/mol. The molecule has 1 aliphatic rings. The summed E-state index contributed by atoms with van der Waals surface area (Å²) >= 11 is 0. The molecule has 0 aliphatic heterocycles. The van der Waals surface area contributed by atoms with Crippen LogP contribution in [0.2, 0.25) is 0 Å². The van der Waals surface area contributed by atoms with E-state index in [9.17, 15) is 16.8 Å². The number of rotatable bonds is 3. The Bertz CT molecular complexity index is 1000. The van der Waals surface area contributed by atoms with E-state index in [-0.39, 0.29) is 16.4 Å². The number of fused-ring (bicyclic) bond motifs is 1. The largest absolute Gasteiger partial charge is 0.267 e. The molecule has 2 aromatic rings. The molecule has 0 N–H and O–H groups in total. The number of aromatic nitrogens is 4. The minimum Gasteiger partial charge on any atom is -0.234 e. The number of sulfone groups is 2. The smallest absolute Gasteiger partial charge is 0.234 e. The minimum atomic E-state index is -3.61. The molecule has 23 heavy (non-hydrogen) atoms. The second-order valence-corrected chi connectivity index (χ2v) is 9.31. The third kappa shape index (κ3) is 3.08. The molecule has 0 saturated carbocycles. The van der Waals surface area contributed by atoms with E-state index in [0.29, 0.717) is 6.42 Å². The molecule has 2 aromatic heterocycles. The van der Waals surface area contributed by atoms with Crippen molar-refractivity contribution in [3.8, 4) is 11.4 Å². The SMILES string of the molecule is CS(=O)(=O)c1nncc(-c2cc3c(c(S(C)(=O)=O)n2)CCC3)n1. The molecule has 3 rings (SSSR count). The molecule has 122 valence electrons. The quantitative estimate of drug-likeness (QED) is 0.768. The van der Waals surface area contributed by atoms with E-state index in [1.807, 2.05) is 0 Å². The minimum absolute atomic E-state index is 0.0296. The Kier molecular flexibility index (Phi) is 3.68. The van der Waals surface area contributed by atoms with Gasteiger partial charge in [-0.15, -0.1) is 5.10 Å². The second kappa shape index (κ2) is 5.31. The fourth-order valence-corrected chi connectivity index (χ4v) is 3.95. The highest BCUT2D eigenvalue weighted by Gasteiger charge is 2.24. The van der Waals surface area contributed by atoms with Gasteiger partial charge in [-0.1, -0.05) is 0 Å². The van der Waals surface area contributed by atoms with Gasteiger partial charge in [0.15, 0.2) is 14.9 Å². The summed E-state index contributed by atoms with van der Waals surface area (Å²) in [6.45, 7) is 0. The van der Waals surface area contributed by atoms with Crippen LogP contribution in [0.3, 0.4) is 0 Å². The van der Waals surface area contributed by atoms with Crippen molar-refractivity contribution in [2.75, 3.05) is 12.5 Å². The maximum atomic E-state index is 12.0.